The lowest BCUT2D eigenvalue weighted by Crippen LogP contribution is -2.39. The van der Waals surface area contributed by atoms with Gasteiger partial charge in [0, 0.05) is 13.1 Å². The molecule has 0 aromatic rings. The normalized spacial score (nSPS) is 14.7. The van der Waals surface area contributed by atoms with Crippen LogP contribution in [0.2, 0.25) is 0 Å². The van der Waals surface area contributed by atoms with Gasteiger partial charge >= 0.3 is 11.9 Å². The molecule has 0 aromatic carbocycles. The van der Waals surface area contributed by atoms with Crippen LogP contribution in [0, 0.1) is 0 Å². The number of hydrogen-bond acceptors (Lipinski definition) is 6. The Morgan fingerprint density at radius 3 is 2.15 bits per heavy atom. The average molecular weight is 192 g/mol. The molecule has 13 heavy (non-hydrogen) atoms. The topological polar surface area (TPSA) is 136 Å². The van der Waals surface area contributed by atoms with E-state index in [4.69, 9.17) is 21.7 Å². The summed E-state index contributed by atoms with van der Waals surface area (Å²) >= 11 is 0. The van der Waals surface area contributed by atoms with Crippen LogP contribution in [0.15, 0.2) is 0 Å². The smallest absolute Gasteiger partial charge is 0.346 e. The molecule has 0 fully saturated rings. The van der Waals surface area contributed by atoms with Gasteiger partial charge in [-0.15, -0.1) is 0 Å². The lowest BCUT2D eigenvalue weighted by Gasteiger charge is -2.13. The number of esters is 1. The maximum Gasteiger partial charge on any atom is 0.346 e. The molecule has 0 rings (SSSR count). The monoisotopic (exact) mass is 192 g/mol. The van der Waals surface area contributed by atoms with Crippen molar-refractivity contribution in [1.82, 2.24) is 0 Å². The van der Waals surface area contributed by atoms with Crippen molar-refractivity contribution in [2.75, 3.05) is 13.1 Å². The first-order chi connectivity index (χ1) is 6.02. The summed E-state index contributed by atoms with van der Waals surface area (Å²) < 4.78 is 4.32. The Bertz CT molecular complexity index is 195. The van der Waals surface area contributed by atoms with Gasteiger partial charge in [-0.25, -0.2) is 9.59 Å². The van der Waals surface area contributed by atoms with Crippen LogP contribution in [0.3, 0.4) is 0 Å². The molecule has 0 aromatic heterocycles. The van der Waals surface area contributed by atoms with E-state index in [-0.39, 0.29) is 13.1 Å². The van der Waals surface area contributed by atoms with Crippen molar-refractivity contribution in [3.8, 4) is 0 Å². The predicted molar refractivity (Wildman–Crippen MR) is 41.6 cm³/mol. The number of rotatable bonds is 5. The zero-order valence-electron chi connectivity index (χ0n) is 6.84. The molecule has 2 atom stereocenters. The second-order valence-corrected chi connectivity index (χ2v) is 2.25. The molecule has 0 unspecified atom stereocenters. The van der Waals surface area contributed by atoms with Gasteiger partial charge in [0.1, 0.15) is 0 Å². The number of carbonyl (C=O) groups excluding carboxylic acids is 1. The molecular weight excluding hydrogens is 180 g/mol. The van der Waals surface area contributed by atoms with E-state index in [0.717, 1.165) is 0 Å². The third-order valence-corrected chi connectivity index (χ3v) is 1.24. The molecule has 0 aliphatic heterocycles. The fourth-order valence-corrected chi connectivity index (χ4v) is 0.514. The molecule has 0 bridgehead atoms. The van der Waals surface area contributed by atoms with Gasteiger partial charge in [-0.2, -0.15) is 0 Å². The average Bonchev–Trinajstić information content (AvgIpc) is 2.11. The first-order valence-electron chi connectivity index (χ1n) is 3.54. The number of aliphatic carboxylic acids is 1. The van der Waals surface area contributed by atoms with E-state index in [1.807, 2.05) is 0 Å². The van der Waals surface area contributed by atoms with E-state index in [1.165, 1.54) is 0 Å². The summed E-state index contributed by atoms with van der Waals surface area (Å²) in [7, 11) is 0. The third-order valence-electron chi connectivity index (χ3n) is 1.24. The summed E-state index contributed by atoms with van der Waals surface area (Å²) in [5.41, 5.74) is 9.93. The minimum absolute atomic E-state index is 0.324. The number of nitrogens with two attached hydrogens (primary N) is 2. The SMILES string of the molecule is NC[C@H](OC(=O)[C@@H](O)CN)C(=O)O. The highest BCUT2D eigenvalue weighted by Gasteiger charge is 2.24. The van der Waals surface area contributed by atoms with Crippen molar-refractivity contribution in [1.29, 1.82) is 0 Å². The summed E-state index contributed by atoms with van der Waals surface area (Å²) in [5, 5.41) is 17.2. The Morgan fingerprint density at radius 2 is 1.85 bits per heavy atom. The van der Waals surface area contributed by atoms with E-state index in [0.29, 0.717) is 0 Å². The quantitative estimate of drug-likeness (QED) is 0.347. The number of carboxylic acids is 1. The Morgan fingerprint density at radius 1 is 1.31 bits per heavy atom. The molecule has 0 radical (unpaired) electrons. The summed E-state index contributed by atoms with van der Waals surface area (Å²) in [6.45, 7) is -0.673. The molecule has 0 amide bonds. The fourth-order valence-electron chi connectivity index (χ4n) is 0.514. The Balaban J connectivity index is 4.09. The fraction of sp³-hybridized carbons (Fsp3) is 0.667. The first-order valence-corrected chi connectivity index (χ1v) is 3.54. The van der Waals surface area contributed by atoms with Crippen LogP contribution in [0.5, 0.6) is 0 Å². The molecule has 0 heterocycles. The maximum atomic E-state index is 10.8. The maximum absolute atomic E-state index is 10.8. The largest absolute Gasteiger partial charge is 0.478 e. The van der Waals surface area contributed by atoms with Crippen LogP contribution in [-0.4, -0.2) is 47.4 Å². The van der Waals surface area contributed by atoms with E-state index >= 15 is 0 Å². The van der Waals surface area contributed by atoms with Crippen molar-refractivity contribution >= 4 is 11.9 Å². The third kappa shape index (κ3) is 3.83. The number of aliphatic hydroxyl groups excluding tert-OH is 1. The second kappa shape index (κ2) is 5.46. The van der Waals surface area contributed by atoms with Gasteiger partial charge in [0.05, 0.1) is 0 Å². The molecule has 0 saturated heterocycles. The Hall–Kier alpha value is -1.18. The molecule has 6 N–H and O–H groups in total. The lowest BCUT2D eigenvalue weighted by molar-refractivity contribution is -0.168. The molecule has 76 valence electrons. The highest BCUT2D eigenvalue weighted by atomic mass is 16.6. The number of carbonyl (C=O) groups is 2. The van der Waals surface area contributed by atoms with Crippen molar-refractivity contribution in [3.05, 3.63) is 0 Å². The lowest BCUT2D eigenvalue weighted by atomic mass is 10.3. The van der Waals surface area contributed by atoms with Crippen LogP contribution in [0.4, 0.5) is 0 Å². The zero-order chi connectivity index (χ0) is 10.4. The van der Waals surface area contributed by atoms with Crippen LogP contribution < -0.4 is 11.5 Å². The number of ether oxygens (including phenoxy) is 1. The molecular formula is C6H12N2O5. The Kier molecular flexibility index (Phi) is 4.97. The standard InChI is InChI=1S/C6H12N2O5/c7-1-3(9)6(12)13-4(2-8)5(10)11/h3-4,9H,1-2,7-8H2,(H,10,11)/t3-,4-/m0/s1. The van der Waals surface area contributed by atoms with Crippen molar-refractivity contribution in [2.24, 2.45) is 11.5 Å². The van der Waals surface area contributed by atoms with Crippen LogP contribution in [0.25, 0.3) is 0 Å². The Labute approximate surface area is 74.3 Å². The summed E-state index contributed by atoms with van der Waals surface area (Å²) in [6.07, 6.45) is -2.94. The number of carboxylic acid groups (broad SMARTS) is 1. The first kappa shape index (κ1) is 11.8. The van der Waals surface area contributed by atoms with E-state index in [1.54, 1.807) is 0 Å². The van der Waals surface area contributed by atoms with Gasteiger partial charge in [-0.05, 0) is 0 Å². The van der Waals surface area contributed by atoms with E-state index in [9.17, 15) is 9.59 Å². The second-order valence-electron chi connectivity index (χ2n) is 2.25. The van der Waals surface area contributed by atoms with Gasteiger partial charge in [0.25, 0.3) is 0 Å². The van der Waals surface area contributed by atoms with Gasteiger partial charge in [0.2, 0.25) is 6.10 Å². The van der Waals surface area contributed by atoms with Crippen LogP contribution in [-0.2, 0) is 14.3 Å². The molecule has 7 heteroatoms. The summed E-state index contributed by atoms with van der Waals surface area (Å²) in [6, 6.07) is 0. The predicted octanol–water partition coefficient (Wildman–Crippen LogP) is -2.74. The molecule has 7 nitrogen and oxygen atoms in total. The van der Waals surface area contributed by atoms with Crippen LogP contribution in [0.1, 0.15) is 0 Å². The zero-order valence-corrected chi connectivity index (χ0v) is 6.84. The number of hydrogen-bond donors (Lipinski definition) is 4. The molecule has 0 spiro atoms. The minimum atomic E-state index is -1.51. The van der Waals surface area contributed by atoms with Crippen molar-refractivity contribution < 1.29 is 24.5 Å². The minimum Gasteiger partial charge on any atom is -0.478 e. The van der Waals surface area contributed by atoms with Gasteiger partial charge in [-0.3, -0.25) is 0 Å². The molecule has 0 aliphatic rings. The highest BCUT2D eigenvalue weighted by molar-refractivity contribution is 5.80. The van der Waals surface area contributed by atoms with Gasteiger partial charge in [-0.1, -0.05) is 0 Å². The summed E-state index contributed by atoms with van der Waals surface area (Å²) in [4.78, 5) is 21.1. The van der Waals surface area contributed by atoms with Crippen molar-refractivity contribution in [3.63, 3.8) is 0 Å². The van der Waals surface area contributed by atoms with E-state index in [2.05, 4.69) is 4.74 Å². The number of aliphatic hydroxyl groups is 1. The van der Waals surface area contributed by atoms with Gasteiger partial charge in [0.15, 0.2) is 6.10 Å². The van der Waals surface area contributed by atoms with Crippen molar-refractivity contribution in [2.45, 2.75) is 12.2 Å². The summed E-state index contributed by atoms with van der Waals surface area (Å²) in [5.74, 6) is -2.44. The molecule has 0 aliphatic carbocycles. The van der Waals surface area contributed by atoms with Crippen LogP contribution >= 0.6 is 0 Å². The molecule has 0 saturated carbocycles. The highest BCUT2D eigenvalue weighted by Crippen LogP contribution is 1.94. The van der Waals surface area contributed by atoms with Gasteiger partial charge < -0.3 is 26.4 Å². The van der Waals surface area contributed by atoms with E-state index < -0.39 is 24.1 Å².